The number of rotatable bonds is 5. The molecule has 78 valence electrons. The standard InChI is InChI=1S/C10H16IN3/c1-8(2)12-4-9(3)6-14-7-10(11)5-13-14/h5,7-8,12H,3-4,6H2,1-2H3. The lowest BCUT2D eigenvalue weighted by Gasteiger charge is -2.10. The largest absolute Gasteiger partial charge is 0.311 e. The molecule has 0 unspecified atom stereocenters. The van der Waals surface area contributed by atoms with Gasteiger partial charge in [0.05, 0.1) is 16.3 Å². The maximum absolute atomic E-state index is 4.20. The van der Waals surface area contributed by atoms with Crippen LogP contribution in [0.5, 0.6) is 0 Å². The van der Waals surface area contributed by atoms with Crippen molar-refractivity contribution in [3.05, 3.63) is 28.1 Å². The Balaban J connectivity index is 2.34. The molecule has 1 aromatic rings. The van der Waals surface area contributed by atoms with Crippen molar-refractivity contribution >= 4 is 22.6 Å². The van der Waals surface area contributed by atoms with Crippen molar-refractivity contribution in [3.8, 4) is 0 Å². The van der Waals surface area contributed by atoms with Gasteiger partial charge in [-0.3, -0.25) is 4.68 Å². The van der Waals surface area contributed by atoms with Gasteiger partial charge in [-0.2, -0.15) is 5.10 Å². The lowest BCUT2D eigenvalue weighted by atomic mass is 10.3. The van der Waals surface area contributed by atoms with E-state index in [1.807, 2.05) is 17.1 Å². The quantitative estimate of drug-likeness (QED) is 0.666. The predicted octanol–water partition coefficient (Wildman–Crippen LogP) is 2.04. The normalized spacial score (nSPS) is 10.9. The third-order valence-corrected chi connectivity index (χ3v) is 2.30. The summed E-state index contributed by atoms with van der Waals surface area (Å²) in [6, 6.07) is 0.504. The molecule has 0 aliphatic heterocycles. The summed E-state index contributed by atoms with van der Waals surface area (Å²) in [5, 5.41) is 7.53. The number of hydrogen-bond acceptors (Lipinski definition) is 2. The Kier molecular flexibility index (Phi) is 4.60. The van der Waals surface area contributed by atoms with Crippen molar-refractivity contribution < 1.29 is 0 Å². The van der Waals surface area contributed by atoms with Crippen LogP contribution in [0.15, 0.2) is 24.5 Å². The zero-order chi connectivity index (χ0) is 10.6. The van der Waals surface area contributed by atoms with Gasteiger partial charge in [-0.1, -0.05) is 20.4 Å². The van der Waals surface area contributed by atoms with E-state index in [4.69, 9.17) is 0 Å². The van der Waals surface area contributed by atoms with Crippen molar-refractivity contribution in [2.24, 2.45) is 0 Å². The Bertz CT molecular complexity index is 304. The van der Waals surface area contributed by atoms with Crippen LogP contribution < -0.4 is 5.32 Å². The van der Waals surface area contributed by atoms with Gasteiger partial charge in [-0.25, -0.2) is 0 Å². The zero-order valence-corrected chi connectivity index (χ0v) is 10.8. The monoisotopic (exact) mass is 305 g/mol. The summed E-state index contributed by atoms with van der Waals surface area (Å²) in [4.78, 5) is 0. The van der Waals surface area contributed by atoms with Gasteiger partial charge in [-0.15, -0.1) is 0 Å². The smallest absolute Gasteiger partial charge is 0.0629 e. The summed E-state index contributed by atoms with van der Waals surface area (Å²) < 4.78 is 3.07. The molecule has 14 heavy (non-hydrogen) atoms. The molecule has 0 radical (unpaired) electrons. The first-order valence-electron chi connectivity index (χ1n) is 4.66. The maximum atomic E-state index is 4.20. The summed E-state index contributed by atoms with van der Waals surface area (Å²) >= 11 is 2.25. The van der Waals surface area contributed by atoms with Gasteiger partial charge < -0.3 is 5.32 Å². The SMILES string of the molecule is C=C(CNC(C)C)Cn1cc(I)cn1. The minimum atomic E-state index is 0.504. The highest BCUT2D eigenvalue weighted by molar-refractivity contribution is 14.1. The van der Waals surface area contributed by atoms with Gasteiger partial charge in [0.15, 0.2) is 0 Å². The Morgan fingerprint density at radius 3 is 2.93 bits per heavy atom. The molecule has 0 atom stereocenters. The molecule has 1 N–H and O–H groups in total. The summed E-state index contributed by atoms with van der Waals surface area (Å²) in [5.41, 5.74) is 1.15. The van der Waals surface area contributed by atoms with Gasteiger partial charge in [0.2, 0.25) is 0 Å². The fraction of sp³-hybridized carbons (Fsp3) is 0.500. The first-order valence-corrected chi connectivity index (χ1v) is 5.74. The van der Waals surface area contributed by atoms with Crippen molar-refractivity contribution in [2.75, 3.05) is 6.54 Å². The molecule has 4 heteroatoms. The number of halogens is 1. The average Bonchev–Trinajstić information content (AvgIpc) is 2.48. The van der Waals surface area contributed by atoms with E-state index in [0.717, 1.165) is 22.2 Å². The highest BCUT2D eigenvalue weighted by atomic mass is 127. The van der Waals surface area contributed by atoms with Crippen LogP contribution in [0.2, 0.25) is 0 Å². The van der Waals surface area contributed by atoms with E-state index < -0.39 is 0 Å². The summed E-state index contributed by atoms with van der Waals surface area (Å²) in [7, 11) is 0. The second-order valence-corrected chi connectivity index (χ2v) is 4.89. The van der Waals surface area contributed by atoms with Gasteiger partial charge in [0.25, 0.3) is 0 Å². The molecule has 0 saturated heterocycles. The second-order valence-electron chi connectivity index (χ2n) is 3.64. The molecule has 0 spiro atoms. The van der Waals surface area contributed by atoms with Gasteiger partial charge >= 0.3 is 0 Å². The third kappa shape index (κ3) is 4.23. The van der Waals surface area contributed by atoms with Crippen molar-refractivity contribution in [3.63, 3.8) is 0 Å². The molecular weight excluding hydrogens is 289 g/mol. The highest BCUT2D eigenvalue weighted by Crippen LogP contribution is 2.03. The lowest BCUT2D eigenvalue weighted by molar-refractivity contribution is 0.588. The van der Waals surface area contributed by atoms with E-state index in [0.29, 0.717) is 6.04 Å². The molecule has 0 amide bonds. The molecule has 0 aliphatic carbocycles. The third-order valence-electron chi connectivity index (χ3n) is 1.75. The minimum Gasteiger partial charge on any atom is -0.311 e. The van der Waals surface area contributed by atoms with E-state index in [1.165, 1.54) is 0 Å². The molecule has 0 bridgehead atoms. The van der Waals surface area contributed by atoms with E-state index in [1.54, 1.807) is 0 Å². The Hall–Kier alpha value is -0.360. The van der Waals surface area contributed by atoms with Crippen LogP contribution in [0.1, 0.15) is 13.8 Å². The van der Waals surface area contributed by atoms with Gasteiger partial charge in [-0.05, 0) is 28.2 Å². The molecule has 3 nitrogen and oxygen atoms in total. The van der Waals surface area contributed by atoms with E-state index in [9.17, 15) is 0 Å². The fourth-order valence-electron chi connectivity index (χ4n) is 1.06. The fourth-order valence-corrected chi connectivity index (χ4v) is 1.50. The van der Waals surface area contributed by atoms with Crippen LogP contribution >= 0.6 is 22.6 Å². The van der Waals surface area contributed by atoms with E-state index in [2.05, 4.69) is 53.4 Å². The highest BCUT2D eigenvalue weighted by Gasteiger charge is 1.99. The van der Waals surface area contributed by atoms with Crippen LogP contribution in [-0.2, 0) is 6.54 Å². The zero-order valence-electron chi connectivity index (χ0n) is 8.63. The molecule has 1 aromatic heterocycles. The predicted molar refractivity (Wildman–Crippen MR) is 67.2 cm³/mol. The van der Waals surface area contributed by atoms with Crippen LogP contribution in [-0.4, -0.2) is 22.4 Å². The van der Waals surface area contributed by atoms with Crippen LogP contribution in [0.3, 0.4) is 0 Å². The van der Waals surface area contributed by atoms with E-state index in [-0.39, 0.29) is 0 Å². The molecule has 0 fully saturated rings. The van der Waals surface area contributed by atoms with Gasteiger partial charge in [0, 0.05) is 18.8 Å². The van der Waals surface area contributed by atoms with Crippen molar-refractivity contribution in [1.82, 2.24) is 15.1 Å². The Morgan fingerprint density at radius 1 is 1.71 bits per heavy atom. The van der Waals surface area contributed by atoms with E-state index >= 15 is 0 Å². The first-order chi connectivity index (χ1) is 6.58. The number of nitrogens with one attached hydrogen (secondary N) is 1. The van der Waals surface area contributed by atoms with Crippen molar-refractivity contribution in [1.29, 1.82) is 0 Å². The first kappa shape index (κ1) is 11.7. The maximum Gasteiger partial charge on any atom is 0.0629 e. The summed E-state index contributed by atoms with van der Waals surface area (Å²) in [6.45, 7) is 9.91. The summed E-state index contributed by atoms with van der Waals surface area (Å²) in [5.74, 6) is 0. The minimum absolute atomic E-state index is 0.504. The second kappa shape index (κ2) is 5.50. The van der Waals surface area contributed by atoms with Gasteiger partial charge in [0.1, 0.15) is 0 Å². The average molecular weight is 305 g/mol. The van der Waals surface area contributed by atoms with Crippen LogP contribution in [0.4, 0.5) is 0 Å². The molecule has 0 aromatic carbocycles. The topological polar surface area (TPSA) is 29.9 Å². The number of nitrogens with zero attached hydrogens (tertiary/aromatic N) is 2. The summed E-state index contributed by atoms with van der Waals surface area (Å²) in [6.07, 6.45) is 3.87. The number of aromatic nitrogens is 2. The Labute approximate surface area is 98.7 Å². The van der Waals surface area contributed by atoms with Crippen LogP contribution in [0, 0.1) is 3.57 Å². The van der Waals surface area contributed by atoms with Crippen molar-refractivity contribution in [2.45, 2.75) is 26.4 Å². The Morgan fingerprint density at radius 2 is 2.43 bits per heavy atom. The van der Waals surface area contributed by atoms with Crippen LogP contribution in [0.25, 0.3) is 0 Å². The molecular formula is C10H16IN3. The lowest BCUT2D eigenvalue weighted by Crippen LogP contribution is -2.25. The molecule has 0 saturated carbocycles. The number of hydrogen-bond donors (Lipinski definition) is 1. The molecule has 0 aliphatic rings. The molecule has 1 heterocycles. The molecule has 1 rings (SSSR count).